The lowest BCUT2D eigenvalue weighted by Crippen LogP contribution is -2.35. The summed E-state index contributed by atoms with van der Waals surface area (Å²) in [5, 5.41) is 13.2. The molecule has 1 saturated heterocycles. The average Bonchev–Trinajstić information content (AvgIpc) is 3.21. The van der Waals surface area contributed by atoms with Gasteiger partial charge in [0.05, 0.1) is 0 Å². The van der Waals surface area contributed by atoms with Gasteiger partial charge in [-0.2, -0.15) is 5.10 Å². The fraction of sp³-hybridized carbons (Fsp3) is 0.500. The molecule has 8 nitrogen and oxygen atoms in total. The quantitative estimate of drug-likeness (QED) is 0.775. The number of furan rings is 1. The van der Waals surface area contributed by atoms with Crippen molar-refractivity contribution in [1.29, 1.82) is 0 Å². The van der Waals surface area contributed by atoms with Crippen molar-refractivity contribution >= 4 is 11.9 Å². The zero-order chi connectivity index (χ0) is 18.7. The smallest absolute Gasteiger partial charge is 0.325 e. The van der Waals surface area contributed by atoms with E-state index in [0.717, 1.165) is 42.9 Å². The van der Waals surface area contributed by atoms with E-state index in [4.69, 9.17) is 15.3 Å². The number of primary amides is 1. The Hall–Kier alpha value is -2.61. The number of hydrogen-bond acceptors (Lipinski definition) is 5. The van der Waals surface area contributed by atoms with Gasteiger partial charge >= 0.3 is 5.97 Å². The molecule has 0 radical (unpaired) electrons. The number of carboxylic acid groups (broad SMARTS) is 1. The van der Waals surface area contributed by atoms with E-state index in [0.29, 0.717) is 13.0 Å². The topological polar surface area (TPSA) is 115 Å². The molecule has 1 aliphatic rings. The van der Waals surface area contributed by atoms with Crippen LogP contribution in [0.2, 0.25) is 0 Å². The highest BCUT2D eigenvalue weighted by atomic mass is 16.4. The first-order chi connectivity index (χ1) is 12.5. The molecular formula is C18H24N4O4. The van der Waals surface area contributed by atoms with Gasteiger partial charge < -0.3 is 15.3 Å². The fourth-order valence-corrected chi connectivity index (χ4v) is 3.65. The molecule has 0 bridgehead atoms. The van der Waals surface area contributed by atoms with Gasteiger partial charge in [-0.25, -0.2) is 0 Å². The number of likely N-dealkylation sites (tertiary alicyclic amines) is 1. The minimum atomic E-state index is -0.896. The van der Waals surface area contributed by atoms with Gasteiger partial charge in [0.1, 0.15) is 12.3 Å². The van der Waals surface area contributed by atoms with Gasteiger partial charge in [0, 0.05) is 42.9 Å². The number of carbonyl (C=O) groups excluding carboxylic acids is 1. The third kappa shape index (κ3) is 3.96. The van der Waals surface area contributed by atoms with Crippen molar-refractivity contribution in [3.8, 4) is 0 Å². The van der Waals surface area contributed by atoms with E-state index >= 15 is 0 Å². The molecule has 1 aliphatic heterocycles. The molecule has 3 heterocycles. The van der Waals surface area contributed by atoms with Crippen molar-refractivity contribution in [3.05, 3.63) is 41.1 Å². The first kappa shape index (κ1) is 18.2. The number of nitrogens with zero attached hydrogens (tertiary/aromatic N) is 3. The van der Waals surface area contributed by atoms with Crippen LogP contribution in [-0.4, -0.2) is 44.8 Å². The van der Waals surface area contributed by atoms with Crippen molar-refractivity contribution in [1.82, 2.24) is 14.7 Å². The largest absolute Gasteiger partial charge is 0.480 e. The summed E-state index contributed by atoms with van der Waals surface area (Å²) in [6, 6.07) is 3.64. The molecule has 1 atom stereocenters. The van der Waals surface area contributed by atoms with Crippen molar-refractivity contribution in [2.24, 2.45) is 5.73 Å². The van der Waals surface area contributed by atoms with Gasteiger partial charge in [0.15, 0.2) is 5.76 Å². The molecule has 0 aromatic carbocycles. The van der Waals surface area contributed by atoms with Gasteiger partial charge in [0.2, 0.25) is 0 Å². The Morgan fingerprint density at radius 1 is 1.46 bits per heavy atom. The molecule has 2 aromatic rings. The van der Waals surface area contributed by atoms with E-state index in [1.807, 2.05) is 13.0 Å². The molecule has 0 spiro atoms. The third-order valence-electron chi connectivity index (χ3n) is 4.81. The number of carboxylic acids is 1. The lowest BCUT2D eigenvalue weighted by Gasteiger charge is -2.32. The number of rotatable bonds is 7. The van der Waals surface area contributed by atoms with Crippen LogP contribution in [-0.2, 0) is 24.3 Å². The molecule has 1 unspecified atom stereocenters. The molecule has 1 amide bonds. The average molecular weight is 360 g/mol. The number of aliphatic carboxylic acids is 1. The fourth-order valence-electron chi connectivity index (χ4n) is 3.65. The summed E-state index contributed by atoms with van der Waals surface area (Å²) in [4.78, 5) is 24.7. The highest BCUT2D eigenvalue weighted by Crippen LogP contribution is 2.28. The van der Waals surface area contributed by atoms with E-state index in [9.17, 15) is 9.59 Å². The summed E-state index contributed by atoms with van der Waals surface area (Å²) in [6.07, 6.45) is 4.37. The normalized spacial score (nSPS) is 18.1. The molecule has 8 heteroatoms. The van der Waals surface area contributed by atoms with Gasteiger partial charge in [-0.05, 0) is 31.5 Å². The summed E-state index contributed by atoms with van der Waals surface area (Å²) in [6.45, 7) is 4.30. The number of aromatic nitrogens is 2. The summed E-state index contributed by atoms with van der Waals surface area (Å²) >= 11 is 0. The number of amides is 1. The molecule has 140 valence electrons. The molecule has 3 N–H and O–H groups in total. The maximum absolute atomic E-state index is 11.4. The molecule has 0 aliphatic carbocycles. The molecular weight excluding hydrogens is 336 g/mol. The second-order valence-corrected chi connectivity index (χ2v) is 6.66. The Morgan fingerprint density at radius 2 is 2.27 bits per heavy atom. The lowest BCUT2D eigenvalue weighted by molar-refractivity contribution is -0.137. The Kier molecular flexibility index (Phi) is 5.41. The maximum atomic E-state index is 11.4. The van der Waals surface area contributed by atoms with Crippen molar-refractivity contribution in [3.63, 3.8) is 0 Å². The van der Waals surface area contributed by atoms with Crippen molar-refractivity contribution in [2.45, 2.75) is 45.2 Å². The Labute approximate surface area is 151 Å². The number of aryl methyl sites for hydroxylation is 1. The monoisotopic (exact) mass is 360 g/mol. The maximum Gasteiger partial charge on any atom is 0.325 e. The minimum absolute atomic E-state index is 0.123. The predicted molar refractivity (Wildman–Crippen MR) is 93.7 cm³/mol. The number of piperidine rings is 1. The number of nitrogens with two attached hydrogens (primary N) is 1. The van der Waals surface area contributed by atoms with Crippen molar-refractivity contribution < 1.29 is 19.1 Å². The van der Waals surface area contributed by atoms with Gasteiger partial charge in [-0.3, -0.25) is 19.2 Å². The Balaban J connectivity index is 1.72. The third-order valence-corrected chi connectivity index (χ3v) is 4.81. The SMILES string of the molecule is CCc1oc(C(N)=O)cc1CN1CCCC(c2ccnn2CC(=O)O)C1. The first-order valence-electron chi connectivity index (χ1n) is 8.85. The second kappa shape index (κ2) is 7.74. The van der Waals surface area contributed by atoms with Crippen LogP contribution in [0.5, 0.6) is 0 Å². The number of hydrogen-bond donors (Lipinski definition) is 2. The summed E-state index contributed by atoms with van der Waals surface area (Å²) in [5.74, 6) is -0.229. The van der Waals surface area contributed by atoms with Crippen LogP contribution in [0.1, 0.15) is 53.3 Å². The highest BCUT2D eigenvalue weighted by Gasteiger charge is 2.26. The van der Waals surface area contributed by atoms with E-state index in [2.05, 4.69) is 10.00 Å². The lowest BCUT2D eigenvalue weighted by atomic mass is 9.94. The van der Waals surface area contributed by atoms with E-state index in [1.54, 1.807) is 16.9 Å². The molecule has 26 heavy (non-hydrogen) atoms. The van der Waals surface area contributed by atoms with Crippen LogP contribution in [0, 0.1) is 0 Å². The van der Waals surface area contributed by atoms with Crippen LogP contribution in [0.4, 0.5) is 0 Å². The molecule has 0 saturated carbocycles. The molecule has 1 fully saturated rings. The summed E-state index contributed by atoms with van der Waals surface area (Å²) in [5.41, 5.74) is 7.27. The second-order valence-electron chi connectivity index (χ2n) is 6.66. The Bertz CT molecular complexity index is 795. The van der Waals surface area contributed by atoms with Gasteiger partial charge in [-0.15, -0.1) is 0 Å². The zero-order valence-electron chi connectivity index (χ0n) is 14.9. The van der Waals surface area contributed by atoms with Crippen molar-refractivity contribution in [2.75, 3.05) is 13.1 Å². The van der Waals surface area contributed by atoms with Gasteiger partial charge in [0.25, 0.3) is 5.91 Å². The molecule has 2 aromatic heterocycles. The number of carbonyl (C=O) groups is 2. The summed E-state index contributed by atoms with van der Waals surface area (Å²) in [7, 11) is 0. The predicted octanol–water partition coefficient (Wildman–Crippen LogP) is 1.60. The standard InChI is InChI=1S/C18H24N4O4/c1-2-15-13(8-16(26-15)18(19)25)10-21-7-3-4-12(9-21)14-5-6-20-22(14)11-17(23)24/h5-6,8,12H,2-4,7,9-11H2,1H3,(H2,19,25)(H,23,24). The van der Waals surface area contributed by atoms with E-state index in [-0.39, 0.29) is 18.2 Å². The minimum Gasteiger partial charge on any atom is -0.480 e. The Morgan fingerprint density at radius 3 is 2.96 bits per heavy atom. The molecule has 3 rings (SSSR count). The van der Waals surface area contributed by atoms with Gasteiger partial charge in [-0.1, -0.05) is 6.92 Å². The van der Waals surface area contributed by atoms with E-state index in [1.165, 1.54) is 0 Å². The zero-order valence-corrected chi connectivity index (χ0v) is 14.9. The first-order valence-corrected chi connectivity index (χ1v) is 8.85. The highest BCUT2D eigenvalue weighted by molar-refractivity contribution is 5.90. The van der Waals surface area contributed by atoms with Crippen LogP contribution in [0.15, 0.2) is 22.7 Å². The van der Waals surface area contributed by atoms with Crippen LogP contribution in [0.3, 0.4) is 0 Å². The van der Waals surface area contributed by atoms with Crippen LogP contribution < -0.4 is 5.73 Å². The van der Waals surface area contributed by atoms with E-state index < -0.39 is 11.9 Å². The van der Waals surface area contributed by atoms with Crippen LogP contribution >= 0.6 is 0 Å². The van der Waals surface area contributed by atoms with Crippen LogP contribution in [0.25, 0.3) is 0 Å². The summed E-state index contributed by atoms with van der Waals surface area (Å²) < 4.78 is 7.11.